The predicted octanol–water partition coefficient (Wildman–Crippen LogP) is 1.28. The Morgan fingerprint density at radius 2 is 2.00 bits per heavy atom. The van der Waals surface area contributed by atoms with Gasteiger partial charge < -0.3 is 14.6 Å². The zero-order valence-corrected chi connectivity index (χ0v) is 9.27. The molecule has 0 amide bonds. The summed E-state index contributed by atoms with van der Waals surface area (Å²) in [7, 11) is 3.09. The summed E-state index contributed by atoms with van der Waals surface area (Å²) in [5.74, 6) is 1.20. The Balaban J connectivity index is 3.08. The molecule has 4 nitrogen and oxygen atoms in total. The van der Waals surface area contributed by atoms with Crippen LogP contribution >= 0.6 is 0 Å². The van der Waals surface area contributed by atoms with Crippen molar-refractivity contribution in [3.8, 4) is 11.5 Å². The first-order chi connectivity index (χ1) is 7.74. The molecule has 0 spiro atoms. The lowest BCUT2D eigenvalue weighted by molar-refractivity contribution is -0.105. The highest BCUT2D eigenvalue weighted by Gasteiger charge is 2.03. The van der Waals surface area contributed by atoms with Gasteiger partial charge in [-0.1, -0.05) is 6.07 Å². The van der Waals surface area contributed by atoms with E-state index in [1.54, 1.807) is 31.4 Å². The van der Waals surface area contributed by atoms with E-state index in [1.807, 2.05) is 0 Å². The smallest absolute Gasteiger partial charge is 0.161 e. The Bertz CT molecular complexity index is 396. The van der Waals surface area contributed by atoms with Gasteiger partial charge in [-0.3, -0.25) is 4.79 Å². The molecule has 1 rings (SSSR count). The highest BCUT2D eigenvalue weighted by Crippen LogP contribution is 2.28. The first-order valence-electron chi connectivity index (χ1n) is 4.73. The largest absolute Gasteiger partial charge is 0.493 e. The third-order valence-electron chi connectivity index (χ3n) is 2.09. The maximum Gasteiger partial charge on any atom is 0.161 e. The molecular formula is C12H14O4. The Morgan fingerprint density at radius 3 is 2.50 bits per heavy atom. The van der Waals surface area contributed by atoms with Crippen LogP contribution in [0.5, 0.6) is 11.5 Å². The fourth-order valence-electron chi connectivity index (χ4n) is 1.27. The van der Waals surface area contributed by atoms with Crippen molar-refractivity contribution in [1.82, 2.24) is 0 Å². The molecule has 0 radical (unpaired) electrons. The van der Waals surface area contributed by atoms with E-state index in [2.05, 4.69) is 0 Å². The van der Waals surface area contributed by atoms with Crippen molar-refractivity contribution < 1.29 is 19.4 Å². The van der Waals surface area contributed by atoms with Gasteiger partial charge in [-0.15, -0.1) is 0 Å². The number of methoxy groups -OCH3 is 2. The van der Waals surface area contributed by atoms with Crippen LogP contribution in [0.25, 0.3) is 6.08 Å². The van der Waals surface area contributed by atoms with E-state index in [-0.39, 0.29) is 6.61 Å². The van der Waals surface area contributed by atoms with Gasteiger partial charge in [-0.2, -0.15) is 0 Å². The second-order valence-electron chi connectivity index (χ2n) is 3.11. The number of aldehydes is 1. The van der Waals surface area contributed by atoms with Gasteiger partial charge in [0.2, 0.25) is 0 Å². The van der Waals surface area contributed by atoms with E-state index >= 15 is 0 Å². The molecule has 0 unspecified atom stereocenters. The molecule has 0 aliphatic heterocycles. The van der Waals surface area contributed by atoms with Crippen molar-refractivity contribution in [2.75, 3.05) is 20.8 Å². The molecule has 0 atom stereocenters. The minimum atomic E-state index is -0.280. The van der Waals surface area contributed by atoms with Crippen LogP contribution in [0.15, 0.2) is 23.8 Å². The predicted molar refractivity (Wildman–Crippen MR) is 60.7 cm³/mol. The molecule has 1 aromatic rings. The molecule has 0 saturated carbocycles. The standard InChI is InChI=1S/C12H14O4/c1-15-11-4-3-9(6-12(11)16-2)5-10(7-13)8-14/h3-7,14H,8H2,1-2H3. The lowest BCUT2D eigenvalue weighted by Gasteiger charge is -2.07. The topological polar surface area (TPSA) is 55.8 Å². The number of hydrogen-bond donors (Lipinski definition) is 1. The Hall–Kier alpha value is -1.81. The molecule has 0 aliphatic carbocycles. The van der Waals surface area contributed by atoms with Gasteiger partial charge in [0.15, 0.2) is 11.5 Å². The van der Waals surface area contributed by atoms with E-state index in [0.29, 0.717) is 23.4 Å². The van der Waals surface area contributed by atoms with Crippen LogP contribution in [0.2, 0.25) is 0 Å². The average molecular weight is 222 g/mol. The number of rotatable bonds is 5. The van der Waals surface area contributed by atoms with Gasteiger partial charge in [0.05, 0.1) is 20.8 Å². The Labute approximate surface area is 94.1 Å². The summed E-state index contributed by atoms with van der Waals surface area (Å²) in [4.78, 5) is 10.5. The molecule has 1 N–H and O–H groups in total. The van der Waals surface area contributed by atoms with Gasteiger partial charge in [0.1, 0.15) is 6.29 Å². The van der Waals surface area contributed by atoms with Crippen LogP contribution < -0.4 is 9.47 Å². The highest BCUT2D eigenvalue weighted by atomic mass is 16.5. The van der Waals surface area contributed by atoms with E-state index in [0.717, 1.165) is 5.56 Å². The molecule has 0 heterocycles. The SMILES string of the molecule is COc1ccc(C=C(C=O)CO)cc1OC. The number of hydrogen-bond acceptors (Lipinski definition) is 4. The summed E-state index contributed by atoms with van der Waals surface area (Å²) in [6.07, 6.45) is 2.21. The second-order valence-corrected chi connectivity index (χ2v) is 3.11. The minimum Gasteiger partial charge on any atom is -0.493 e. The second kappa shape index (κ2) is 5.92. The fourth-order valence-corrected chi connectivity index (χ4v) is 1.27. The maximum absolute atomic E-state index is 10.5. The van der Waals surface area contributed by atoms with Crippen LogP contribution in [0, 0.1) is 0 Å². The van der Waals surface area contributed by atoms with Gasteiger partial charge in [-0.25, -0.2) is 0 Å². The van der Waals surface area contributed by atoms with Crippen molar-refractivity contribution >= 4 is 12.4 Å². The van der Waals surface area contributed by atoms with E-state index in [1.165, 1.54) is 7.11 Å². The molecule has 4 heteroatoms. The number of ether oxygens (including phenoxy) is 2. The molecule has 86 valence electrons. The Kier molecular flexibility index (Phi) is 4.54. The normalized spacial score (nSPS) is 11.1. The summed E-state index contributed by atoms with van der Waals surface area (Å²) in [5, 5.41) is 8.86. The fraction of sp³-hybridized carbons (Fsp3) is 0.250. The van der Waals surface area contributed by atoms with Crippen molar-refractivity contribution in [3.63, 3.8) is 0 Å². The number of aliphatic hydroxyl groups excluding tert-OH is 1. The molecule has 0 aromatic heterocycles. The van der Waals surface area contributed by atoms with Gasteiger partial charge in [0.25, 0.3) is 0 Å². The van der Waals surface area contributed by atoms with Gasteiger partial charge >= 0.3 is 0 Å². The number of benzene rings is 1. The first kappa shape index (κ1) is 12.3. The van der Waals surface area contributed by atoms with Crippen molar-refractivity contribution in [2.45, 2.75) is 0 Å². The number of carbonyl (C=O) groups is 1. The third-order valence-corrected chi connectivity index (χ3v) is 2.09. The molecule has 16 heavy (non-hydrogen) atoms. The quantitative estimate of drug-likeness (QED) is 0.602. The minimum absolute atomic E-state index is 0.280. The monoisotopic (exact) mass is 222 g/mol. The lowest BCUT2D eigenvalue weighted by atomic mass is 10.1. The summed E-state index contributed by atoms with van der Waals surface area (Å²) >= 11 is 0. The summed E-state index contributed by atoms with van der Waals surface area (Å²) in [5.41, 5.74) is 1.08. The van der Waals surface area contributed by atoms with Crippen LogP contribution in [-0.4, -0.2) is 32.2 Å². The molecule has 0 saturated heterocycles. The van der Waals surface area contributed by atoms with Crippen LogP contribution in [0.4, 0.5) is 0 Å². The van der Waals surface area contributed by atoms with Crippen molar-refractivity contribution in [1.29, 1.82) is 0 Å². The van der Waals surface area contributed by atoms with Gasteiger partial charge in [-0.05, 0) is 23.8 Å². The van der Waals surface area contributed by atoms with Gasteiger partial charge in [0, 0.05) is 5.57 Å². The molecule has 0 aliphatic rings. The molecule has 1 aromatic carbocycles. The molecule has 0 bridgehead atoms. The van der Waals surface area contributed by atoms with Crippen molar-refractivity contribution in [3.05, 3.63) is 29.3 Å². The summed E-state index contributed by atoms with van der Waals surface area (Å²) in [6, 6.07) is 5.25. The zero-order valence-electron chi connectivity index (χ0n) is 9.27. The number of aliphatic hydroxyl groups is 1. The van der Waals surface area contributed by atoms with E-state index in [4.69, 9.17) is 14.6 Å². The van der Waals surface area contributed by atoms with E-state index in [9.17, 15) is 4.79 Å². The highest BCUT2D eigenvalue weighted by molar-refractivity contribution is 5.82. The van der Waals surface area contributed by atoms with Crippen LogP contribution in [0.3, 0.4) is 0 Å². The zero-order chi connectivity index (χ0) is 12.0. The average Bonchev–Trinajstić information content (AvgIpc) is 2.35. The first-order valence-corrected chi connectivity index (χ1v) is 4.73. The van der Waals surface area contributed by atoms with Crippen LogP contribution in [0.1, 0.15) is 5.56 Å². The summed E-state index contributed by atoms with van der Waals surface area (Å²) < 4.78 is 10.2. The van der Waals surface area contributed by atoms with Crippen LogP contribution in [-0.2, 0) is 4.79 Å². The molecule has 0 fully saturated rings. The van der Waals surface area contributed by atoms with Crippen molar-refractivity contribution in [2.24, 2.45) is 0 Å². The molecular weight excluding hydrogens is 208 g/mol. The Morgan fingerprint density at radius 1 is 1.31 bits per heavy atom. The van der Waals surface area contributed by atoms with E-state index < -0.39 is 0 Å². The lowest BCUT2D eigenvalue weighted by Crippen LogP contribution is -1.93. The maximum atomic E-state index is 10.5. The number of carbonyl (C=O) groups excluding carboxylic acids is 1. The third kappa shape index (κ3) is 2.84. The summed E-state index contributed by atoms with van der Waals surface area (Å²) in [6.45, 7) is -0.280.